The Morgan fingerprint density at radius 3 is 2.58 bits per heavy atom. The van der Waals surface area contributed by atoms with Crippen molar-refractivity contribution in [1.82, 2.24) is 5.32 Å². The van der Waals surface area contributed by atoms with Gasteiger partial charge in [-0.2, -0.15) is 0 Å². The highest BCUT2D eigenvalue weighted by Crippen LogP contribution is 2.46. The number of fused-ring (bicyclic) bond motifs is 1. The van der Waals surface area contributed by atoms with E-state index >= 15 is 0 Å². The van der Waals surface area contributed by atoms with Crippen LogP contribution in [-0.4, -0.2) is 29.8 Å². The van der Waals surface area contributed by atoms with Crippen LogP contribution in [0.5, 0.6) is 5.75 Å². The summed E-state index contributed by atoms with van der Waals surface area (Å²) in [5.74, 6) is 0.645. The molecule has 2 N–H and O–H groups in total. The van der Waals surface area contributed by atoms with Crippen molar-refractivity contribution in [2.45, 2.75) is 71.4 Å². The SMILES string of the molecule is CC1CCC(Oc2ccc3ccc(CCNC4CC(C(=O)O)C4(C)C)cc3c2Cl)CC1. The summed E-state index contributed by atoms with van der Waals surface area (Å²) in [6.45, 7) is 7.21. The fourth-order valence-corrected chi connectivity index (χ4v) is 5.44. The average Bonchev–Trinajstić information content (AvgIpc) is 2.73. The van der Waals surface area contributed by atoms with Crippen LogP contribution in [0.1, 0.15) is 58.4 Å². The molecule has 2 aromatic rings. The first-order valence-corrected chi connectivity index (χ1v) is 12.0. The van der Waals surface area contributed by atoms with Gasteiger partial charge >= 0.3 is 5.97 Å². The van der Waals surface area contributed by atoms with E-state index in [4.69, 9.17) is 16.3 Å². The summed E-state index contributed by atoms with van der Waals surface area (Å²) in [6.07, 6.45) is 6.48. The Balaban J connectivity index is 1.39. The normalized spacial score (nSPS) is 27.6. The van der Waals surface area contributed by atoms with Crippen LogP contribution in [-0.2, 0) is 11.2 Å². The third-order valence-electron chi connectivity index (χ3n) is 7.61. The minimum atomic E-state index is -0.687. The van der Waals surface area contributed by atoms with Gasteiger partial charge in [0.05, 0.1) is 17.0 Å². The molecule has 2 saturated carbocycles. The maximum Gasteiger partial charge on any atom is 0.307 e. The smallest absolute Gasteiger partial charge is 0.307 e. The molecule has 2 aliphatic carbocycles. The molecule has 0 aliphatic heterocycles. The summed E-state index contributed by atoms with van der Waals surface area (Å²) in [6, 6.07) is 10.8. The van der Waals surface area contributed by atoms with Crippen molar-refractivity contribution >= 4 is 28.3 Å². The van der Waals surface area contributed by atoms with Crippen LogP contribution in [0.4, 0.5) is 0 Å². The maximum absolute atomic E-state index is 11.3. The van der Waals surface area contributed by atoms with Gasteiger partial charge in [0.25, 0.3) is 0 Å². The van der Waals surface area contributed by atoms with Crippen LogP contribution in [0.15, 0.2) is 30.3 Å². The van der Waals surface area contributed by atoms with Crippen LogP contribution >= 0.6 is 11.6 Å². The lowest BCUT2D eigenvalue weighted by Gasteiger charge is -2.50. The van der Waals surface area contributed by atoms with Gasteiger partial charge in [0.1, 0.15) is 5.75 Å². The lowest BCUT2D eigenvalue weighted by molar-refractivity contribution is -0.155. The van der Waals surface area contributed by atoms with Crippen molar-refractivity contribution in [2.24, 2.45) is 17.3 Å². The van der Waals surface area contributed by atoms with E-state index in [0.29, 0.717) is 11.4 Å². The van der Waals surface area contributed by atoms with Crippen molar-refractivity contribution < 1.29 is 14.6 Å². The number of nitrogens with one attached hydrogen (secondary N) is 1. The van der Waals surface area contributed by atoms with E-state index in [2.05, 4.69) is 36.5 Å². The molecule has 0 radical (unpaired) electrons. The molecule has 2 fully saturated rings. The second-order valence-electron chi connectivity index (χ2n) is 10.1. The molecule has 4 rings (SSSR count). The quantitative estimate of drug-likeness (QED) is 0.544. The number of halogens is 1. The van der Waals surface area contributed by atoms with Crippen LogP contribution in [0, 0.1) is 17.3 Å². The Hall–Kier alpha value is -1.78. The van der Waals surface area contributed by atoms with Crippen molar-refractivity contribution in [3.05, 3.63) is 40.9 Å². The monoisotopic (exact) mass is 443 g/mol. The molecule has 0 bridgehead atoms. The van der Waals surface area contributed by atoms with E-state index in [-0.39, 0.29) is 23.5 Å². The molecule has 0 amide bonds. The molecule has 31 heavy (non-hydrogen) atoms. The topological polar surface area (TPSA) is 58.6 Å². The second-order valence-corrected chi connectivity index (χ2v) is 10.5. The van der Waals surface area contributed by atoms with Gasteiger partial charge in [0, 0.05) is 11.4 Å². The molecule has 0 aromatic heterocycles. The Morgan fingerprint density at radius 2 is 1.90 bits per heavy atom. The lowest BCUT2D eigenvalue weighted by atomic mass is 9.58. The van der Waals surface area contributed by atoms with E-state index in [1.165, 1.54) is 18.4 Å². The summed E-state index contributed by atoms with van der Waals surface area (Å²) < 4.78 is 6.28. The summed E-state index contributed by atoms with van der Waals surface area (Å²) in [5, 5.41) is 15.7. The van der Waals surface area contributed by atoms with Gasteiger partial charge in [-0.05, 0) is 79.5 Å². The van der Waals surface area contributed by atoms with Crippen molar-refractivity contribution in [3.63, 3.8) is 0 Å². The van der Waals surface area contributed by atoms with Gasteiger partial charge in [0.2, 0.25) is 0 Å². The molecule has 0 saturated heterocycles. The number of rotatable bonds is 7. The zero-order chi connectivity index (χ0) is 22.2. The second kappa shape index (κ2) is 8.99. The summed E-state index contributed by atoms with van der Waals surface area (Å²) in [7, 11) is 0. The Labute approximate surface area is 190 Å². The Kier molecular flexibility index (Phi) is 6.50. The highest BCUT2D eigenvalue weighted by Gasteiger charge is 2.51. The number of carbonyl (C=O) groups is 1. The predicted octanol–water partition coefficient (Wildman–Crippen LogP) is 6.08. The number of carboxylic acids is 1. The molecule has 168 valence electrons. The van der Waals surface area contributed by atoms with Crippen LogP contribution in [0.25, 0.3) is 10.8 Å². The molecule has 2 aliphatic rings. The molecule has 2 atom stereocenters. The third kappa shape index (κ3) is 4.70. The van der Waals surface area contributed by atoms with Gasteiger partial charge in [-0.25, -0.2) is 0 Å². The van der Waals surface area contributed by atoms with Gasteiger partial charge in [-0.1, -0.05) is 50.6 Å². The predicted molar refractivity (Wildman–Crippen MR) is 126 cm³/mol. The number of carboxylic acid groups (broad SMARTS) is 1. The third-order valence-corrected chi connectivity index (χ3v) is 8.00. The van der Waals surface area contributed by atoms with E-state index < -0.39 is 5.97 Å². The number of aliphatic carboxylic acids is 1. The molecule has 2 unspecified atom stereocenters. The van der Waals surface area contributed by atoms with E-state index in [1.54, 1.807) is 0 Å². The van der Waals surface area contributed by atoms with Gasteiger partial charge < -0.3 is 15.2 Å². The Morgan fingerprint density at radius 1 is 1.19 bits per heavy atom. The van der Waals surface area contributed by atoms with Gasteiger partial charge in [-0.15, -0.1) is 0 Å². The fraction of sp³-hybridized carbons (Fsp3) is 0.577. The lowest BCUT2D eigenvalue weighted by Crippen LogP contribution is -2.59. The molecular weight excluding hydrogens is 410 g/mol. The van der Waals surface area contributed by atoms with Gasteiger partial charge in [-0.3, -0.25) is 4.79 Å². The zero-order valence-electron chi connectivity index (χ0n) is 18.8. The van der Waals surface area contributed by atoms with E-state index in [1.807, 2.05) is 19.9 Å². The number of ether oxygens (including phenoxy) is 1. The molecular formula is C26H34ClNO3. The van der Waals surface area contributed by atoms with Crippen LogP contribution in [0.2, 0.25) is 5.02 Å². The highest BCUT2D eigenvalue weighted by atomic mass is 35.5. The van der Waals surface area contributed by atoms with Crippen molar-refractivity contribution in [1.29, 1.82) is 0 Å². The van der Waals surface area contributed by atoms with E-state index in [0.717, 1.165) is 48.2 Å². The molecule has 4 nitrogen and oxygen atoms in total. The Bertz CT molecular complexity index is 949. The summed E-state index contributed by atoms with van der Waals surface area (Å²) >= 11 is 6.76. The van der Waals surface area contributed by atoms with Crippen LogP contribution in [0.3, 0.4) is 0 Å². The highest BCUT2D eigenvalue weighted by molar-refractivity contribution is 6.37. The molecule has 0 spiro atoms. The van der Waals surface area contributed by atoms with Crippen molar-refractivity contribution in [2.75, 3.05) is 6.54 Å². The fourth-order valence-electron chi connectivity index (χ4n) is 5.17. The minimum absolute atomic E-state index is 0.207. The molecule has 0 heterocycles. The first kappa shape index (κ1) is 22.4. The zero-order valence-corrected chi connectivity index (χ0v) is 19.5. The van der Waals surface area contributed by atoms with E-state index in [9.17, 15) is 9.90 Å². The standard InChI is InChI=1S/C26H34ClNO3/c1-16-4-9-19(10-5-16)31-22-11-8-18-7-6-17(14-20(18)24(22)27)12-13-28-23-15-21(25(29)30)26(23,2)3/h6-8,11,14,16,19,21,23,28H,4-5,9-10,12-13,15H2,1-3H3,(H,29,30). The largest absolute Gasteiger partial charge is 0.489 e. The molecule has 5 heteroatoms. The maximum atomic E-state index is 11.3. The summed E-state index contributed by atoms with van der Waals surface area (Å²) in [5.41, 5.74) is 1.01. The number of benzene rings is 2. The number of hydrogen-bond acceptors (Lipinski definition) is 3. The minimum Gasteiger partial charge on any atom is -0.489 e. The number of hydrogen-bond donors (Lipinski definition) is 2. The van der Waals surface area contributed by atoms with Crippen LogP contribution < -0.4 is 10.1 Å². The van der Waals surface area contributed by atoms with Crippen molar-refractivity contribution in [3.8, 4) is 5.75 Å². The first-order chi connectivity index (χ1) is 14.8. The first-order valence-electron chi connectivity index (χ1n) is 11.6. The van der Waals surface area contributed by atoms with Gasteiger partial charge in [0.15, 0.2) is 0 Å². The molecule has 2 aromatic carbocycles. The average molecular weight is 444 g/mol. The summed E-state index contributed by atoms with van der Waals surface area (Å²) in [4.78, 5) is 11.3.